The van der Waals surface area contributed by atoms with E-state index < -0.39 is 0 Å². The summed E-state index contributed by atoms with van der Waals surface area (Å²) in [4.78, 5) is 4.53. The number of imidazole rings is 1. The van der Waals surface area contributed by atoms with Crippen molar-refractivity contribution in [1.82, 2.24) is 14.7 Å². The minimum Gasteiger partial charge on any atom is -0.385 e. The number of alkyl halides is 1. The molecule has 2 aromatic rings. The second-order valence-corrected chi connectivity index (χ2v) is 4.52. The van der Waals surface area contributed by atoms with Crippen LogP contribution in [0.15, 0.2) is 30.6 Å². The van der Waals surface area contributed by atoms with E-state index in [9.17, 15) is 0 Å². The molecule has 0 aliphatic heterocycles. The van der Waals surface area contributed by atoms with E-state index in [2.05, 4.69) is 10.3 Å². The van der Waals surface area contributed by atoms with Crippen molar-refractivity contribution in [3.8, 4) is 0 Å². The molecular weight excluding hydrogens is 250 g/mol. The van der Waals surface area contributed by atoms with Gasteiger partial charge in [-0.05, 0) is 18.6 Å². The van der Waals surface area contributed by atoms with Crippen LogP contribution >= 0.6 is 11.6 Å². The normalized spacial score (nSPS) is 13.0. The van der Waals surface area contributed by atoms with E-state index in [1.54, 1.807) is 7.11 Å². The minimum absolute atomic E-state index is 0.261. The molecule has 0 aliphatic carbocycles. The van der Waals surface area contributed by atoms with E-state index in [0.29, 0.717) is 5.88 Å². The molecule has 0 fully saturated rings. The molecule has 0 saturated heterocycles. The molecule has 0 aliphatic rings. The van der Waals surface area contributed by atoms with Crippen molar-refractivity contribution in [2.45, 2.75) is 19.0 Å². The van der Waals surface area contributed by atoms with Gasteiger partial charge in [-0.15, -0.1) is 11.6 Å². The van der Waals surface area contributed by atoms with E-state index in [4.69, 9.17) is 16.3 Å². The van der Waals surface area contributed by atoms with Crippen molar-refractivity contribution >= 4 is 17.2 Å². The smallest absolute Gasteiger partial charge is 0.137 e. The Bertz CT molecular complexity index is 453. The van der Waals surface area contributed by atoms with E-state index >= 15 is 0 Å². The van der Waals surface area contributed by atoms with Gasteiger partial charge in [-0.3, -0.25) is 0 Å². The van der Waals surface area contributed by atoms with Crippen molar-refractivity contribution in [3.05, 3.63) is 36.3 Å². The highest BCUT2D eigenvalue weighted by Crippen LogP contribution is 2.05. The average molecular weight is 268 g/mol. The lowest BCUT2D eigenvalue weighted by molar-refractivity contribution is 0.185. The summed E-state index contributed by atoms with van der Waals surface area (Å²) in [6, 6.07) is 6.23. The van der Waals surface area contributed by atoms with E-state index in [0.717, 1.165) is 30.9 Å². The van der Waals surface area contributed by atoms with Gasteiger partial charge in [0.15, 0.2) is 0 Å². The average Bonchev–Trinajstić information content (AvgIpc) is 2.81. The molecule has 0 amide bonds. The molecule has 2 rings (SSSR count). The number of nitrogens with zero attached hydrogens (tertiary/aromatic N) is 2. The third kappa shape index (κ3) is 3.45. The highest BCUT2D eigenvalue weighted by Gasteiger charge is 2.07. The molecule has 1 atom stereocenters. The highest BCUT2D eigenvalue weighted by atomic mass is 35.5. The van der Waals surface area contributed by atoms with E-state index in [1.165, 1.54) is 0 Å². The van der Waals surface area contributed by atoms with Gasteiger partial charge in [-0.2, -0.15) is 0 Å². The Morgan fingerprint density at radius 3 is 3.11 bits per heavy atom. The first-order valence-corrected chi connectivity index (χ1v) is 6.58. The third-order valence-electron chi connectivity index (χ3n) is 2.84. The number of hydrogen-bond acceptors (Lipinski definition) is 3. The molecule has 98 valence electrons. The lowest BCUT2D eigenvalue weighted by atomic mass is 10.2. The summed E-state index contributed by atoms with van der Waals surface area (Å²) in [6.45, 7) is 1.44. The number of pyridine rings is 1. The van der Waals surface area contributed by atoms with Gasteiger partial charge in [-0.1, -0.05) is 6.07 Å². The molecule has 0 saturated carbocycles. The molecule has 1 unspecified atom stereocenters. The predicted octanol–water partition coefficient (Wildman–Crippen LogP) is 2.07. The number of halogens is 1. The molecule has 0 radical (unpaired) electrons. The zero-order valence-corrected chi connectivity index (χ0v) is 11.2. The quantitative estimate of drug-likeness (QED) is 0.781. The molecule has 0 aromatic carbocycles. The number of aromatic nitrogens is 2. The Hall–Kier alpha value is -1.10. The lowest BCUT2D eigenvalue weighted by Gasteiger charge is -2.14. The maximum absolute atomic E-state index is 5.90. The first-order chi connectivity index (χ1) is 8.83. The van der Waals surface area contributed by atoms with E-state index in [1.807, 2.05) is 35.0 Å². The van der Waals surface area contributed by atoms with Gasteiger partial charge >= 0.3 is 0 Å². The van der Waals surface area contributed by atoms with Crippen molar-refractivity contribution in [2.75, 3.05) is 19.6 Å². The Morgan fingerprint density at radius 2 is 2.39 bits per heavy atom. The molecular formula is C13H18ClN3O. The number of methoxy groups -OCH3 is 1. The fourth-order valence-corrected chi connectivity index (χ4v) is 2.08. The monoisotopic (exact) mass is 267 g/mol. The second-order valence-electron chi connectivity index (χ2n) is 4.21. The standard InChI is InChI=1S/C13H18ClN3O/c1-18-7-5-11(8-14)15-9-12-10-17-6-3-2-4-13(17)16-12/h2-4,6,10-11,15H,5,7-9H2,1H3. The highest BCUT2D eigenvalue weighted by molar-refractivity contribution is 6.18. The lowest BCUT2D eigenvalue weighted by Crippen LogP contribution is -2.31. The van der Waals surface area contributed by atoms with Crippen molar-refractivity contribution in [1.29, 1.82) is 0 Å². The largest absolute Gasteiger partial charge is 0.385 e. The van der Waals surface area contributed by atoms with Gasteiger partial charge < -0.3 is 14.5 Å². The van der Waals surface area contributed by atoms with Crippen LogP contribution in [0.1, 0.15) is 12.1 Å². The maximum atomic E-state index is 5.90. The number of nitrogens with one attached hydrogen (secondary N) is 1. The summed E-state index contributed by atoms with van der Waals surface area (Å²) in [5.74, 6) is 0.580. The fraction of sp³-hybridized carbons (Fsp3) is 0.462. The first-order valence-electron chi connectivity index (χ1n) is 6.04. The van der Waals surface area contributed by atoms with Gasteiger partial charge in [-0.25, -0.2) is 4.98 Å². The zero-order chi connectivity index (χ0) is 12.8. The topological polar surface area (TPSA) is 38.6 Å². The van der Waals surface area contributed by atoms with Crippen LogP contribution in [0.5, 0.6) is 0 Å². The van der Waals surface area contributed by atoms with Gasteiger partial charge in [0.1, 0.15) is 5.65 Å². The Morgan fingerprint density at radius 1 is 1.50 bits per heavy atom. The Labute approximate surface area is 112 Å². The van der Waals surface area contributed by atoms with Crippen LogP contribution in [0.4, 0.5) is 0 Å². The SMILES string of the molecule is COCCC(CCl)NCc1cn2ccccc2n1. The van der Waals surface area contributed by atoms with E-state index in [-0.39, 0.29) is 6.04 Å². The van der Waals surface area contributed by atoms with Crippen molar-refractivity contribution < 1.29 is 4.74 Å². The van der Waals surface area contributed by atoms with Gasteiger partial charge in [0.05, 0.1) is 5.69 Å². The second kappa shape index (κ2) is 6.73. The number of hydrogen-bond donors (Lipinski definition) is 1. The van der Waals surface area contributed by atoms with Crippen molar-refractivity contribution in [2.24, 2.45) is 0 Å². The van der Waals surface area contributed by atoms with Crippen LogP contribution in [0, 0.1) is 0 Å². The van der Waals surface area contributed by atoms with Gasteiger partial charge in [0.25, 0.3) is 0 Å². The predicted molar refractivity (Wildman–Crippen MR) is 73.0 cm³/mol. The molecule has 4 nitrogen and oxygen atoms in total. The molecule has 0 spiro atoms. The van der Waals surface area contributed by atoms with Crippen molar-refractivity contribution in [3.63, 3.8) is 0 Å². The molecule has 18 heavy (non-hydrogen) atoms. The van der Waals surface area contributed by atoms with Crippen LogP contribution < -0.4 is 5.32 Å². The number of fused-ring (bicyclic) bond motifs is 1. The molecule has 2 aromatic heterocycles. The van der Waals surface area contributed by atoms with Crippen LogP contribution in [-0.4, -0.2) is 35.0 Å². The minimum atomic E-state index is 0.261. The van der Waals surface area contributed by atoms with Gasteiger partial charge in [0, 0.05) is 44.6 Å². The van der Waals surface area contributed by atoms with Crippen LogP contribution in [0.25, 0.3) is 5.65 Å². The van der Waals surface area contributed by atoms with Gasteiger partial charge in [0.2, 0.25) is 0 Å². The van der Waals surface area contributed by atoms with Crippen LogP contribution in [-0.2, 0) is 11.3 Å². The summed E-state index contributed by atoms with van der Waals surface area (Å²) in [5, 5.41) is 3.39. The fourth-order valence-electron chi connectivity index (χ4n) is 1.82. The molecule has 5 heteroatoms. The molecule has 0 bridgehead atoms. The summed E-state index contributed by atoms with van der Waals surface area (Å²) in [6.07, 6.45) is 4.94. The molecule has 2 heterocycles. The Balaban J connectivity index is 1.92. The number of ether oxygens (including phenoxy) is 1. The van der Waals surface area contributed by atoms with Crippen LogP contribution in [0.3, 0.4) is 0 Å². The third-order valence-corrected chi connectivity index (χ3v) is 3.21. The number of rotatable bonds is 7. The maximum Gasteiger partial charge on any atom is 0.137 e. The molecule has 1 N–H and O–H groups in total. The summed E-state index contributed by atoms with van der Waals surface area (Å²) in [7, 11) is 1.70. The zero-order valence-electron chi connectivity index (χ0n) is 10.5. The Kier molecular flexibility index (Phi) is 4.99. The first kappa shape index (κ1) is 13.3. The summed E-state index contributed by atoms with van der Waals surface area (Å²) in [5.41, 5.74) is 1.99. The van der Waals surface area contributed by atoms with Crippen LogP contribution in [0.2, 0.25) is 0 Å². The summed E-state index contributed by atoms with van der Waals surface area (Å²) >= 11 is 5.90. The summed E-state index contributed by atoms with van der Waals surface area (Å²) < 4.78 is 7.07.